The fraction of sp³-hybridized carbons (Fsp3) is 0.914. The van der Waals surface area contributed by atoms with Crippen LogP contribution in [0.5, 0.6) is 0 Å². The summed E-state index contributed by atoms with van der Waals surface area (Å²) < 4.78 is 11.2. The second kappa shape index (κ2) is 22.6. The van der Waals surface area contributed by atoms with Gasteiger partial charge in [0.15, 0.2) is 0 Å². The van der Waals surface area contributed by atoms with Gasteiger partial charge in [0.05, 0.1) is 30.5 Å². The molecule has 3 N–H and O–H groups in total. The van der Waals surface area contributed by atoms with Crippen LogP contribution in [0.2, 0.25) is 0 Å². The van der Waals surface area contributed by atoms with Gasteiger partial charge in [-0.3, -0.25) is 0 Å². The van der Waals surface area contributed by atoms with Crippen LogP contribution in [0.4, 0.5) is 0 Å². The largest absolute Gasteiger partial charge is 0.455 e. The Morgan fingerprint density at radius 1 is 0.683 bits per heavy atom. The topological polar surface area (TPSA) is 96.2 Å². The van der Waals surface area contributed by atoms with Crippen molar-refractivity contribution in [1.82, 2.24) is 0 Å². The molecule has 0 radical (unpaired) electrons. The summed E-state index contributed by atoms with van der Waals surface area (Å²) in [5.74, 6) is -0.140. The first-order chi connectivity index (χ1) is 19.9. The van der Waals surface area contributed by atoms with E-state index in [9.17, 15) is 20.1 Å². The smallest absolute Gasteiger partial charge is 0.334 e. The number of carbonyl (C=O) groups excluding carboxylic acids is 1. The zero-order chi connectivity index (χ0) is 29.7. The van der Waals surface area contributed by atoms with Crippen molar-refractivity contribution in [3.63, 3.8) is 0 Å². The highest BCUT2D eigenvalue weighted by molar-refractivity contribution is 5.90. The molecule has 6 nitrogen and oxygen atoms in total. The molecule has 0 aromatic heterocycles. The van der Waals surface area contributed by atoms with Gasteiger partial charge in [0.25, 0.3) is 0 Å². The third-order valence-corrected chi connectivity index (χ3v) is 9.06. The third kappa shape index (κ3) is 16.5. The molecule has 0 aromatic carbocycles. The van der Waals surface area contributed by atoms with Crippen molar-refractivity contribution in [3.05, 3.63) is 11.6 Å². The third-order valence-electron chi connectivity index (χ3n) is 9.06. The molecule has 1 saturated heterocycles. The molecule has 0 spiro atoms. The van der Waals surface area contributed by atoms with E-state index >= 15 is 0 Å². The van der Waals surface area contributed by atoms with E-state index in [0.717, 1.165) is 102 Å². The normalized spacial score (nSPS) is 23.0. The van der Waals surface area contributed by atoms with Crippen molar-refractivity contribution in [2.45, 2.75) is 205 Å². The molecular formula is C35H64O6. The molecule has 0 bridgehead atoms. The molecule has 2 aliphatic rings. The second-order valence-corrected chi connectivity index (χ2v) is 12.9. The molecule has 41 heavy (non-hydrogen) atoms. The van der Waals surface area contributed by atoms with Crippen molar-refractivity contribution in [2.24, 2.45) is 0 Å². The van der Waals surface area contributed by atoms with E-state index in [2.05, 4.69) is 6.92 Å². The van der Waals surface area contributed by atoms with E-state index in [1.807, 2.05) is 13.0 Å². The molecule has 0 aliphatic carbocycles. The van der Waals surface area contributed by atoms with Crippen LogP contribution in [0.1, 0.15) is 168 Å². The van der Waals surface area contributed by atoms with Crippen LogP contribution < -0.4 is 0 Å². The number of hydrogen-bond acceptors (Lipinski definition) is 6. The van der Waals surface area contributed by atoms with Crippen molar-refractivity contribution in [2.75, 3.05) is 0 Å². The number of ether oxygens (including phenoxy) is 2. The standard InChI is InChI=1S/C35H64O6/c1-3-4-5-6-7-8-13-18-23-31(37)33-25-26-34(41-33)32(38)24-19-14-17-22-30(36)21-16-12-10-9-11-15-20-29-27-28(2)40-35(29)39/h27-28,30-34,36-38H,3-26H2,1-2H3/t28-,30-,31+,32+,33+,34+/m0/s1. The molecular weight excluding hydrogens is 516 g/mol. The first-order valence-electron chi connectivity index (χ1n) is 17.5. The lowest BCUT2D eigenvalue weighted by atomic mass is 9.99. The van der Waals surface area contributed by atoms with E-state index < -0.39 is 12.2 Å². The predicted octanol–water partition coefficient (Wildman–Crippen LogP) is 8.09. The Labute approximate surface area is 251 Å². The minimum atomic E-state index is -0.451. The van der Waals surface area contributed by atoms with Gasteiger partial charge in [-0.25, -0.2) is 4.79 Å². The molecule has 2 rings (SSSR count). The monoisotopic (exact) mass is 580 g/mol. The molecule has 6 heteroatoms. The summed E-state index contributed by atoms with van der Waals surface area (Å²) in [5.41, 5.74) is 0.843. The molecule has 6 atom stereocenters. The van der Waals surface area contributed by atoms with Gasteiger partial charge in [-0.2, -0.15) is 0 Å². The SMILES string of the molecule is CCCCCCCCCC[C@@H](O)[C@H]1CC[C@H]([C@H](O)CCCCC[C@@H](O)CCCCCCCCC2=C[C@H](C)OC2=O)O1. The fourth-order valence-electron chi connectivity index (χ4n) is 6.39. The molecule has 240 valence electrons. The Morgan fingerprint density at radius 2 is 1.12 bits per heavy atom. The van der Waals surface area contributed by atoms with Crippen LogP contribution in [0.15, 0.2) is 11.6 Å². The summed E-state index contributed by atoms with van der Waals surface area (Å²) >= 11 is 0. The number of carbonyl (C=O) groups is 1. The van der Waals surface area contributed by atoms with Crippen LogP contribution in [-0.4, -0.2) is 57.9 Å². The Hall–Kier alpha value is -0.950. The van der Waals surface area contributed by atoms with Crippen molar-refractivity contribution < 1.29 is 29.6 Å². The summed E-state index contributed by atoms with van der Waals surface area (Å²) in [7, 11) is 0. The Kier molecular flexibility index (Phi) is 20.0. The number of aliphatic hydroxyl groups excluding tert-OH is 3. The lowest BCUT2D eigenvalue weighted by molar-refractivity contribution is -0.139. The van der Waals surface area contributed by atoms with Gasteiger partial charge in [-0.15, -0.1) is 0 Å². The maximum absolute atomic E-state index is 11.6. The maximum Gasteiger partial charge on any atom is 0.334 e. The van der Waals surface area contributed by atoms with E-state index in [0.29, 0.717) is 0 Å². The molecule has 0 saturated carbocycles. The maximum atomic E-state index is 11.6. The van der Waals surface area contributed by atoms with Crippen LogP contribution in [0, 0.1) is 0 Å². The summed E-state index contributed by atoms with van der Waals surface area (Å²) in [6, 6.07) is 0. The van der Waals surface area contributed by atoms with Gasteiger partial charge < -0.3 is 24.8 Å². The number of unbranched alkanes of at least 4 members (excludes halogenated alkanes) is 14. The Bertz CT molecular complexity index is 694. The van der Waals surface area contributed by atoms with Crippen molar-refractivity contribution in [3.8, 4) is 0 Å². The molecule has 0 unspecified atom stereocenters. The van der Waals surface area contributed by atoms with Crippen molar-refractivity contribution >= 4 is 5.97 Å². The van der Waals surface area contributed by atoms with Gasteiger partial charge >= 0.3 is 5.97 Å². The minimum absolute atomic E-state index is 0.0649. The Morgan fingerprint density at radius 3 is 1.61 bits per heavy atom. The van der Waals surface area contributed by atoms with Gasteiger partial charge in [0.1, 0.15) is 6.10 Å². The summed E-state index contributed by atoms with van der Waals surface area (Å²) in [6.07, 6.45) is 26.2. The van der Waals surface area contributed by atoms with Crippen LogP contribution >= 0.6 is 0 Å². The molecule has 2 heterocycles. The summed E-state index contributed by atoms with van der Waals surface area (Å²) in [5, 5.41) is 31.5. The zero-order valence-corrected chi connectivity index (χ0v) is 26.6. The number of hydrogen-bond donors (Lipinski definition) is 3. The first-order valence-corrected chi connectivity index (χ1v) is 17.5. The van der Waals surface area contributed by atoms with Gasteiger partial charge in [-0.1, -0.05) is 110 Å². The lowest BCUT2D eigenvalue weighted by Gasteiger charge is -2.22. The van der Waals surface area contributed by atoms with Gasteiger partial charge in [0.2, 0.25) is 0 Å². The molecule has 0 aromatic rings. The van der Waals surface area contributed by atoms with E-state index in [1.165, 1.54) is 57.8 Å². The number of aliphatic hydroxyl groups is 3. The fourth-order valence-corrected chi connectivity index (χ4v) is 6.39. The highest BCUT2D eigenvalue weighted by Gasteiger charge is 2.34. The average Bonchev–Trinajstić information content (AvgIpc) is 3.57. The number of esters is 1. The number of cyclic esters (lactones) is 1. The van der Waals surface area contributed by atoms with E-state index in [-0.39, 0.29) is 30.4 Å². The highest BCUT2D eigenvalue weighted by Crippen LogP contribution is 2.28. The van der Waals surface area contributed by atoms with Gasteiger partial charge in [-0.05, 0) is 64.4 Å². The van der Waals surface area contributed by atoms with Crippen molar-refractivity contribution in [1.29, 1.82) is 0 Å². The summed E-state index contributed by atoms with van der Waals surface area (Å²) in [6.45, 7) is 4.15. The first kappa shape index (κ1) is 36.2. The van der Waals surface area contributed by atoms with Crippen LogP contribution in [0.25, 0.3) is 0 Å². The molecule has 1 fully saturated rings. The van der Waals surface area contributed by atoms with Gasteiger partial charge in [0, 0.05) is 5.57 Å². The average molecular weight is 581 g/mol. The lowest BCUT2D eigenvalue weighted by Crippen LogP contribution is -2.31. The van der Waals surface area contributed by atoms with Crippen LogP contribution in [-0.2, 0) is 14.3 Å². The quantitative estimate of drug-likeness (QED) is 0.0707. The second-order valence-electron chi connectivity index (χ2n) is 12.9. The zero-order valence-electron chi connectivity index (χ0n) is 26.6. The molecule has 2 aliphatic heterocycles. The number of rotatable bonds is 26. The highest BCUT2D eigenvalue weighted by atomic mass is 16.5. The Balaban J connectivity index is 1.37. The van der Waals surface area contributed by atoms with Crippen LogP contribution in [0.3, 0.4) is 0 Å². The molecule has 0 amide bonds. The van der Waals surface area contributed by atoms with E-state index in [1.54, 1.807) is 0 Å². The van der Waals surface area contributed by atoms with E-state index in [4.69, 9.17) is 9.47 Å². The summed E-state index contributed by atoms with van der Waals surface area (Å²) in [4.78, 5) is 11.6. The predicted molar refractivity (Wildman–Crippen MR) is 167 cm³/mol. The minimum Gasteiger partial charge on any atom is -0.455 e.